The van der Waals surface area contributed by atoms with Crippen LogP contribution >= 0.6 is 0 Å². The topological polar surface area (TPSA) is 68.0 Å². The van der Waals surface area contributed by atoms with E-state index in [1.54, 1.807) is 30.8 Å². The maximum atomic E-state index is 12.3. The Morgan fingerprint density at radius 2 is 1.84 bits per heavy atom. The number of benzene rings is 1. The number of rotatable bonds is 4. The molecule has 5 nitrogen and oxygen atoms in total. The summed E-state index contributed by atoms with van der Waals surface area (Å²) in [7, 11) is 0. The van der Waals surface area contributed by atoms with Gasteiger partial charge in [0, 0.05) is 28.9 Å². The average Bonchev–Trinajstić information content (AvgIpc) is 3.16. The Kier molecular flexibility index (Phi) is 3.96. The molecule has 1 N–H and O–H groups in total. The van der Waals surface area contributed by atoms with Gasteiger partial charge in [-0.1, -0.05) is 18.2 Å². The number of furan rings is 1. The molecule has 0 fully saturated rings. The highest BCUT2D eigenvalue weighted by Crippen LogP contribution is 2.27. The molecule has 3 aromatic heterocycles. The molecule has 4 aromatic rings. The molecule has 0 radical (unpaired) electrons. The van der Waals surface area contributed by atoms with Crippen molar-refractivity contribution >= 4 is 16.9 Å². The number of amides is 1. The van der Waals surface area contributed by atoms with Crippen molar-refractivity contribution in [2.45, 2.75) is 6.54 Å². The summed E-state index contributed by atoms with van der Waals surface area (Å²) >= 11 is 0. The SMILES string of the molecule is O=C(NCc1ccccn1)c1ccc(-c2nccc3occc23)cc1. The van der Waals surface area contributed by atoms with Crippen LogP contribution in [0, 0.1) is 0 Å². The van der Waals surface area contributed by atoms with Gasteiger partial charge in [0.05, 0.1) is 24.2 Å². The summed E-state index contributed by atoms with van der Waals surface area (Å²) in [4.78, 5) is 20.9. The van der Waals surface area contributed by atoms with E-state index in [0.29, 0.717) is 12.1 Å². The number of hydrogen-bond acceptors (Lipinski definition) is 4. The van der Waals surface area contributed by atoms with Crippen molar-refractivity contribution < 1.29 is 9.21 Å². The van der Waals surface area contributed by atoms with Gasteiger partial charge in [0.2, 0.25) is 0 Å². The summed E-state index contributed by atoms with van der Waals surface area (Å²) in [5.41, 5.74) is 3.99. The second-order valence-corrected chi connectivity index (χ2v) is 5.57. The third kappa shape index (κ3) is 3.12. The van der Waals surface area contributed by atoms with Crippen LogP contribution in [0.5, 0.6) is 0 Å². The summed E-state index contributed by atoms with van der Waals surface area (Å²) in [5, 5.41) is 3.82. The van der Waals surface area contributed by atoms with Crippen LogP contribution in [-0.2, 0) is 6.54 Å². The quantitative estimate of drug-likeness (QED) is 0.618. The molecule has 1 aromatic carbocycles. The van der Waals surface area contributed by atoms with E-state index < -0.39 is 0 Å². The molecule has 0 aliphatic rings. The lowest BCUT2D eigenvalue weighted by molar-refractivity contribution is 0.0950. The Morgan fingerprint density at radius 3 is 2.64 bits per heavy atom. The van der Waals surface area contributed by atoms with E-state index in [2.05, 4.69) is 15.3 Å². The molecular formula is C20H15N3O2. The van der Waals surface area contributed by atoms with Crippen LogP contribution in [0.4, 0.5) is 0 Å². The van der Waals surface area contributed by atoms with Gasteiger partial charge in [-0.2, -0.15) is 0 Å². The van der Waals surface area contributed by atoms with Gasteiger partial charge in [0.25, 0.3) is 5.91 Å². The third-order valence-electron chi connectivity index (χ3n) is 3.96. The molecule has 0 unspecified atom stereocenters. The van der Waals surface area contributed by atoms with Gasteiger partial charge in [0.1, 0.15) is 5.58 Å². The molecule has 0 aliphatic carbocycles. The van der Waals surface area contributed by atoms with E-state index in [0.717, 1.165) is 27.9 Å². The number of aromatic nitrogens is 2. The van der Waals surface area contributed by atoms with Crippen LogP contribution in [0.15, 0.2) is 77.7 Å². The molecule has 1 amide bonds. The van der Waals surface area contributed by atoms with Crippen LogP contribution < -0.4 is 5.32 Å². The minimum atomic E-state index is -0.133. The Bertz CT molecular complexity index is 1010. The zero-order chi connectivity index (χ0) is 17.1. The maximum absolute atomic E-state index is 12.3. The summed E-state index contributed by atoms with van der Waals surface area (Å²) in [6.07, 6.45) is 5.07. The molecule has 25 heavy (non-hydrogen) atoms. The normalized spacial score (nSPS) is 10.7. The number of carbonyl (C=O) groups is 1. The molecular weight excluding hydrogens is 314 g/mol. The highest BCUT2D eigenvalue weighted by molar-refractivity contribution is 5.96. The second kappa shape index (κ2) is 6.57. The summed E-state index contributed by atoms with van der Waals surface area (Å²) in [6, 6.07) is 16.7. The number of pyridine rings is 2. The maximum Gasteiger partial charge on any atom is 0.251 e. The summed E-state index contributed by atoms with van der Waals surface area (Å²) < 4.78 is 5.41. The molecule has 0 atom stereocenters. The first-order valence-corrected chi connectivity index (χ1v) is 7.92. The van der Waals surface area contributed by atoms with E-state index in [9.17, 15) is 4.79 Å². The Hall–Kier alpha value is -3.47. The summed E-state index contributed by atoms with van der Waals surface area (Å²) in [5.74, 6) is -0.133. The van der Waals surface area contributed by atoms with Crippen molar-refractivity contribution in [2.75, 3.05) is 0 Å². The van der Waals surface area contributed by atoms with Gasteiger partial charge >= 0.3 is 0 Å². The first-order valence-electron chi connectivity index (χ1n) is 7.92. The molecule has 3 heterocycles. The van der Waals surface area contributed by atoms with Crippen LogP contribution in [0.2, 0.25) is 0 Å². The van der Waals surface area contributed by atoms with Crippen molar-refractivity contribution in [3.8, 4) is 11.3 Å². The standard InChI is InChI=1S/C20H15N3O2/c24-20(23-13-16-3-1-2-10-21-16)15-6-4-14(5-7-15)19-17-9-12-25-18(17)8-11-22-19/h1-12H,13H2,(H,23,24). The molecule has 0 aliphatic heterocycles. The van der Waals surface area contributed by atoms with E-state index in [4.69, 9.17) is 4.42 Å². The van der Waals surface area contributed by atoms with Gasteiger partial charge in [-0.15, -0.1) is 0 Å². The van der Waals surface area contributed by atoms with Crippen molar-refractivity contribution in [3.63, 3.8) is 0 Å². The van der Waals surface area contributed by atoms with Crippen molar-refractivity contribution in [1.29, 1.82) is 0 Å². The third-order valence-corrected chi connectivity index (χ3v) is 3.96. The lowest BCUT2D eigenvalue weighted by Crippen LogP contribution is -2.23. The zero-order valence-electron chi connectivity index (χ0n) is 13.3. The van der Waals surface area contributed by atoms with E-state index in [1.807, 2.05) is 42.5 Å². The van der Waals surface area contributed by atoms with E-state index in [1.165, 1.54) is 0 Å². The molecule has 0 saturated heterocycles. The first kappa shape index (κ1) is 15.1. The minimum absolute atomic E-state index is 0.133. The molecule has 0 bridgehead atoms. The fourth-order valence-corrected chi connectivity index (χ4v) is 2.68. The second-order valence-electron chi connectivity index (χ2n) is 5.57. The monoisotopic (exact) mass is 329 g/mol. The van der Waals surface area contributed by atoms with E-state index in [-0.39, 0.29) is 5.91 Å². The number of carbonyl (C=O) groups excluding carboxylic acids is 1. The van der Waals surface area contributed by atoms with Crippen molar-refractivity contribution in [2.24, 2.45) is 0 Å². The first-order chi connectivity index (χ1) is 12.3. The molecule has 5 heteroatoms. The van der Waals surface area contributed by atoms with E-state index >= 15 is 0 Å². The fraction of sp³-hybridized carbons (Fsp3) is 0.0500. The average molecular weight is 329 g/mol. The highest BCUT2D eigenvalue weighted by Gasteiger charge is 2.09. The smallest absolute Gasteiger partial charge is 0.251 e. The summed E-state index contributed by atoms with van der Waals surface area (Å²) in [6.45, 7) is 0.400. The molecule has 122 valence electrons. The predicted molar refractivity (Wildman–Crippen MR) is 94.9 cm³/mol. The van der Waals surface area contributed by atoms with Gasteiger partial charge in [-0.25, -0.2) is 0 Å². The van der Waals surface area contributed by atoms with Crippen LogP contribution in [0.25, 0.3) is 22.2 Å². The van der Waals surface area contributed by atoms with Crippen LogP contribution in [0.1, 0.15) is 16.1 Å². The lowest BCUT2D eigenvalue weighted by Gasteiger charge is -2.06. The number of nitrogens with one attached hydrogen (secondary N) is 1. The fourth-order valence-electron chi connectivity index (χ4n) is 2.68. The molecule has 4 rings (SSSR count). The molecule has 0 saturated carbocycles. The minimum Gasteiger partial charge on any atom is -0.464 e. The number of hydrogen-bond donors (Lipinski definition) is 1. The van der Waals surface area contributed by atoms with Crippen molar-refractivity contribution in [1.82, 2.24) is 15.3 Å². The van der Waals surface area contributed by atoms with Crippen LogP contribution in [0.3, 0.4) is 0 Å². The van der Waals surface area contributed by atoms with Crippen molar-refractivity contribution in [3.05, 3.63) is 84.5 Å². The van der Waals surface area contributed by atoms with Gasteiger partial charge < -0.3 is 9.73 Å². The van der Waals surface area contributed by atoms with Gasteiger partial charge in [-0.05, 0) is 36.4 Å². The highest BCUT2D eigenvalue weighted by atomic mass is 16.3. The Morgan fingerprint density at radius 1 is 0.960 bits per heavy atom. The Balaban J connectivity index is 1.52. The number of fused-ring (bicyclic) bond motifs is 1. The largest absolute Gasteiger partial charge is 0.464 e. The molecule has 0 spiro atoms. The lowest BCUT2D eigenvalue weighted by atomic mass is 10.1. The van der Waals surface area contributed by atoms with Gasteiger partial charge in [-0.3, -0.25) is 14.8 Å². The Labute approximate surface area is 144 Å². The van der Waals surface area contributed by atoms with Gasteiger partial charge in [0.15, 0.2) is 0 Å². The van der Waals surface area contributed by atoms with Crippen LogP contribution in [-0.4, -0.2) is 15.9 Å². The zero-order valence-corrected chi connectivity index (χ0v) is 13.3. The number of nitrogens with zero attached hydrogens (tertiary/aromatic N) is 2. The predicted octanol–water partition coefficient (Wildman–Crippen LogP) is 3.82.